The Balaban J connectivity index is 1.67. The molecule has 0 spiro atoms. The van der Waals surface area contributed by atoms with Crippen molar-refractivity contribution in [1.82, 2.24) is 20.2 Å². The van der Waals surface area contributed by atoms with Gasteiger partial charge in [0.25, 0.3) is 11.8 Å². The summed E-state index contributed by atoms with van der Waals surface area (Å²) in [7, 11) is 0. The van der Waals surface area contributed by atoms with Crippen LogP contribution in [0, 0.1) is 6.92 Å². The molecule has 32 heavy (non-hydrogen) atoms. The molecule has 1 aliphatic heterocycles. The molecule has 2 aromatic heterocycles. The molecule has 0 fully saturated rings. The first-order valence-corrected chi connectivity index (χ1v) is 10.0. The van der Waals surface area contributed by atoms with Gasteiger partial charge in [-0.25, -0.2) is 0 Å². The van der Waals surface area contributed by atoms with Crippen molar-refractivity contribution in [2.45, 2.75) is 39.0 Å². The van der Waals surface area contributed by atoms with Crippen molar-refractivity contribution in [3.05, 3.63) is 52.6 Å². The second-order valence-electron chi connectivity index (χ2n) is 7.33. The number of alkyl halides is 3. The number of aliphatic hydroxyl groups is 1. The lowest BCUT2D eigenvalue weighted by molar-refractivity contribution is -0.139. The van der Waals surface area contributed by atoms with Gasteiger partial charge >= 0.3 is 6.18 Å². The summed E-state index contributed by atoms with van der Waals surface area (Å²) >= 11 is 0. The van der Waals surface area contributed by atoms with Crippen LogP contribution in [-0.2, 0) is 13.1 Å². The van der Waals surface area contributed by atoms with Crippen molar-refractivity contribution in [2.24, 2.45) is 0 Å². The summed E-state index contributed by atoms with van der Waals surface area (Å²) in [5.74, 6) is -0.434. The van der Waals surface area contributed by atoms with E-state index < -0.39 is 25.1 Å². The summed E-state index contributed by atoms with van der Waals surface area (Å²) in [6.07, 6.45) is -2.20. The third-order valence-corrected chi connectivity index (χ3v) is 4.87. The number of amides is 2. The number of ether oxygens (including phenoxy) is 1. The van der Waals surface area contributed by atoms with Crippen LogP contribution in [-0.4, -0.2) is 57.7 Å². The number of fused-ring (bicyclic) bond motifs is 1. The number of nitrogens with zero attached hydrogens (tertiary/aromatic N) is 3. The quantitative estimate of drug-likeness (QED) is 0.566. The number of hydrogen-bond donors (Lipinski definition) is 2. The summed E-state index contributed by atoms with van der Waals surface area (Å²) < 4.78 is 42.0. The maximum absolute atomic E-state index is 12.8. The zero-order chi connectivity index (χ0) is 23.3. The number of hydrogen-bond acceptors (Lipinski definition) is 6. The molecule has 0 aliphatic carbocycles. The van der Waals surface area contributed by atoms with Crippen LogP contribution >= 0.6 is 0 Å². The maximum Gasteiger partial charge on any atom is 0.392 e. The van der Waals surface area contributed by atoms with E-state index in [0.29, 0.717) is 35.3 Å². The van der Waals surface area contributed by atoms with Crippen LogP contribution < -0.4 is 10.1 Å². The fourth-order valence-electron chi connectivity index (χ4n) is 3.29. The number of halogens is 3. The third kappa shape index (κ3) is 5.72. The Hall–Kier alpha value is -3.21. The Morgan fingerprint density at radius 2 is 2.12 bits per heavy atom. The minimum Gasteiger partial charge on any atom is -0.491 e. The molecule has 8 nitrogen and oxygen atoms in total. The summed E-state index contributed by atoms with van der Waals surface area (Å²) in [5.41, 5.74) is 2.20. The first-order chi connectivity index (χ1) is 15.2. The Kier molecular flexibility index (Phi) is 7.29. The first-order valence-electron chi connectivity index (χ1n) is 10.0. The average molecular weight is 452 g/mol. The SMILES string of the molecule is Cc1cc(CN2Cc3c(ccnc3C(=O)NCCCO)C2=O)ncc1OCCC(F)(F)F. The van der Waals surface area contributed by atoms with Crippen LogP contribution in [0.1, 0.15) is 50.5 Å². The van der Waals surface area contributed by atoms with Crippen LogP contribution in [0.2, 0.25) is 0 Å². The number of carbonyl (C=O) groups excluding carboxylic acids is 2. The molecule has 3 rings (SSSR count). The lowest BCUT2D eigenvalue weighted by Gasteiger charge is -2.16. The molecule has 0 aromatic carbocycles. The van der Waals surface area contributed by atoms with Gasteiger partial charge in [-0.2, -0.15) is 13.2 Å². The molecule has 2 amide bonds. The van der Waals surface area contributed by atoms with E-state index >= 15 is 0 Å². The van der Waals surface area contributed by atoms with E-state index in [4.69, 9.17) is 9.84 Å². The number of pyridine rings is 2. The molecular weight excluding hydrogens is 429 g/mol. The minimum atomic E-state index is -4.30. The highest BCUT2D eigenvalue weighted by Gasteiger charge is 2.32. The molecular formula is C21H23F3N4O4. The molecule has 2 aromatic rings. The highest BCUT2D eigenvalue weighted by molar-refractivity contribution is 6.03. The van der Waals surface area contributed by atoms with Crippen LogP contribution in [0.5, 0.6) is 5.75 Å². The lowest BCUT2D eigenvalue weighted by Crippen LogP contribution is -2.27. The highest BCUT2D eigenvalue weighted by atomic mass is 19.4. The molecule has 0 saturated carbocycles. The van der Waals surface area contributed by atoms with E-state index in [9.17, 15) is 22.8 Å². The molecule has 0 bridgehead atoms. The van der Waals surface area contributed by atoms with Crippen molar-refractivity contribution in [2.75, 3.05) is 19.8 Å². The fraction of sp³-hybridized carbons (Fsp3) is 0.429. The summed E-state index contributed by atoms with van der Waals surface area (Å²) in [6, 6.07) is 3.21. The van der Waals surface area contributed by atoms with Gasteiger partial charge in [0, 0.05) is 37.0 Å². The number of carbonyl (C=O) groups is 2. The Bertz CT molecular complexity index is 997. The zero-order valence-corrected chi connectivity index (χ0v) is 17.4. The lowest BCUT2D eigenvalue weighted by atomic mass is 10.1. The van der Waals surface area contributed by atoms with E-state index in [1.807, 2.05) is 0 Å². The van der Waals surface area contributed by atoms with E-state index in [-0.39, 0.29) is 37.0 Å². The van der Waals surface area contributed by atoms with Gasteiger partial charge in [0.05, 0.1) is 31.5 Å². The molecule has 1 aliphatic rings. The second-order valence-corrected chi connectivity index (χ2v) is 7.33. The molecule has 11 heteroatoms. The number of nitrogens with one attached hydrogen (secondary N) is 1. The largest absolute Gasteiger partial charge is 0.491 e. The van der Waals surface area contributed by atoms with Crippen LogP contribution in [0.4, 0.5) is 13.2 Å². The van der Waals surface area contributed by atoms with Gasteiger partial charge in [-0.3, -0.25) is 19.6 Å². The molecule has 0 radical (unpaired) electrons. The van der Waals surface area contributed by atoms with E-state index in [1.54, 1.807) is 19.1 Å². The third-order valence-electron chi connectivity index (χ3n) is 4.87. The van der Waals surface area contributed by atoms with Gasteiger partial charge in [0.2, 0.25) is 0 Å². The van der Waals surface area contributed by atoms with Crippen LogP contribution in [0.15, 0.2) is 24.5 Å². The monoisotopic (exact) mass is 452 g/mol. The van der Waals surface area contributed by atoms with Crippen molar-refractivity contribution in [3.63, 3.8) is 0 Å². The fourth-order valence-corrected chi connectivity index (χ4v) is 3.29. The standard InChI is InChI=1S/C21H23F3N4O4/c1-13-9-14(27-10-17(13)32-8-4-21(22,23)24)11-28-12-16-15(20(28)31)3-6-25-18(16)19(30)26-5-2-7-29/h3,6,9-10,29H,2,4-5,7-8,11-12H2,1H3,(H,26,30). The molecule has 172 valence electrons. The van der Waals surface area contributed by atoms with Crippen molar-refractivity contribution in [1.29, 1.82) is 0 Å². The summed E-state index contributed by atoms with van der Waals surface area (Å²) in [6.45, 7) is 1.76. The van der Waals surface area contributed by atoms with Gasteiger partial charge in [0.15, 0.2) is 0 Å². The molecule has 0 saturated heterocycles. The number of aliphatic hydroxyl groups excluding tert-OH is 1. The van der Waals surface area contributed by atoms with Crippen molar-refractivity contribution >= 4 is 11.8 Å². The highest BCUT2D eigenvalue weighted by Crippen LogP contribution is 2.27. The Morgan fingerprint density at radius 3 is 2.81 bits per heavy atom. The van der Waals surface area contributed by atoms with E-state index in [2.05, 4.69) is 15.3 Å². The maximum atomic E-state index is 12.8. The summed E-state index contributed by atoms with van der Waals surface area (Å²) in [5, 5.41) is 11.5. The average Bonchev–Trinajstić information content (AvgIpc) is 3.04. The van der Waals surface area contributed by atoms with Gasteiger partial charge in [0.1, 0.15) is 11.4 Å². The van der Waals surface area contributed by atoms with Gasteiger partial charge in [-0.05, 0) is 31.0 Å². The van der Waals surface area contributed by atoms with E-state index in [0.717, 1.165) is 0 Å². The van der Waals surface area contributed by atoms with Gasteiger partial charge in [-0.1, -0.05) is 0 Å². The minimum absolute atomic E-state index is 0.0502. The predicted octanol–water partition coefficient (Wildman–Crippen LogP) is 2.38. The number of aryl methyl sites for hydroxylation is 1. The van der Waals surface area contributed by atoms with E-state index in [1.165, 1.54) is 17.3 Å². The molecule has 3 heterocycles. The first kappa shape index (κ1) is 23.5. The molecule has 2 N–H and O–H groups in total. The van der Waals surface area contributed by atoms with Crippen LogP contribution in [0.3, 0.4) is 0 Å². The second kappa shape index (κ2) is 9.94. The number of rotatable bonds is 9. The topological polar surface area (TPSA) is 105 Å². The Morgan fingerprint density at radius 1 is 1.34 bits per heavy atom. The normalized spacial score (nSPS) is 13.3. The predicted molar refractivity (Wildman–Crippen MR) is 107 cm³/mol. The zero-order valence-electron chi connectivity index (χ0n) is 17.4. The van der Waals surface area contributed by atoms with Crippen LogP contribution in [0.25, 0.3) is 0 Å². The molecule has 0 unspecified atom stereocenters. The summed E-state index contributed by atoms with van der Waals surface area (Å²) in [4.78, 5) is 35.0. The van der Waals surface area contributed by atoms with Crippen molar-refractivity contribution < 1.29 is 32.6 Å². The smallest absolute Gasteiger partial charge is 0.392 e. The Labute approximate surface area is 182 Å². The van der Waals surface area contributed by atoms with Crippen molar-refractivity contribution in [3.8, 4) is 5.75 Å². The molecule has 0 atom stereocenters. The van der Waals surface area contributed by atoms with Gasteiger partial charge in [-0.15, -0.1) is 0 Å². The number of aromatic nitrogens is 2. The van der Waals surface area contributed by atoms with Gasteiger partial charge < -0.3 is 20.1 Å².